The predicted octanol–water partition coefficient (Wildman–Crippen LogP) is 2.45. The van der Waals surface area contributed by atoms with Crippen molar-refractivity contribution in [2.45, 2.75) is 40.7 Å². The number of thiazole rings is 1. The van der Waals surface area contributed by atoms with Gasteiger partial charge in [-0.25, -0.2) is 4.39 Å². The zero-order valence-electron chi connectivity index (χ0n) is 16.8. The van der Waals surface area contributed by atoms with Gasteiger partial charge < -0.3 is 5.32 Å². The first kappa shape index (κ1) is 23.0. The van der Waals surface area contributed by atoms with Crippen molar-refractivity contribution in [3.05, 3.63) is 54.2 Å². The summed E-state index contributed by atoms with van der Waals surface area (Å²) in [5.74, 6) is -1.08. The van der Waals surface area contributed by atoms with Gasteiger partial charge in [0.15, 0.2) is 5.78 Å². The molecule has 1 aromatic heterocycles. The fourth-order valence-electron chi connectivity index (χ4n) is 2.37. The molecule has 1 aromatic carbocycles. The van der Waals surface area contributed by atoms with Crippen LogP contribution in [0.25, 0.3) is 12.2 Å². The second kappa shape index (κ2) is 9.50. The zero-order chi connectivity index (χ0) is 21.8. The summed E-state index contributed by atoms with van der Waals surface area (Å²) in [5, 5.41) is 2.88. The van der Waals surface area contributed by atoms with Crippen LogP contribution in [-0.4, -0.2) is 22.8 Å². The van der Waals surface area contributed by atoms with Crippen LogP contribution < -0.4 is 20.1 Å². The van der Waals surface area contributed by atoms with E-state index in [-0.39, 0.29) is 33.4 Å². The minimum absolute atomic E-state index is 0.0869. The topological polar surface area (TPSA) is 68.2 Å². The number of hydrogen-bond donors (Lipinski definition) is 1. The molecule has 156 valence electrons. The number of carbonyl (C=O) groups is 2. The first-order chi connectivity index (χ1) is 13.5. The van der Waals surface area contributed by atoms with Crippen molar-refractivity contribution < 1.29 is 14.0 Å². The fourth-order valence-corrected chi connectivity index (χ4v) is 3.61. The van der Waals surface area contributed by atoms with Gasteiger partial charge in [0.2, 0.25) is 5.91 Å². The summed E-state index contributed by atoms with van der Waals surface area (Å²) in [6.07, 6.45) is 3.47. The Kier molecular flexibility index (Phi) is 7.54. The van der Waals surface area contributed by atoms with E-state index >= 15 is 0 Å². The van der Waals surface area contributed by atoms with Gasteiger partial charge in [-0.05, 0) is 24.6 Å². The van der Waals surface area contributed by atoms with E-state index in [1.54, 1.807) is 20.8 Å². The van der Waals surface area contributed by atoms with E-state index in [0.29, 0.717) is 11.2 Å². The highest BCUT2D eigenvalue weighted by molar-refractivity contribution is 7.07. The number of nitrogens with zero attached hydrogens (tertiary/aromatic N) is 1. The molecule has 0 unspecified atom stereocenters. The molecule has 1 N–H and O–H groups in total. The first-order valence-electron chi connectivity index (χ1n) is 9.22. The van der Waals surface area contributed by atoms with Gasteiger partial charge in [-0.15, -0.1) is 11.3 Å². The normalized spacial score (nSPS) is 13.0. The molecule has 0 aliphatic carbocycles. The van der Waals surface area contributed by atoms with Crippen molar-refractivity contribution in [3.8, 4) is 0 Å². The average Bonchev–Trinajstić information content (AvgIpc) is 2.91. The minimum Gasteiger partial charge on any atom is -0.355 e. The number of carbonyl (C=O) groups excluding carboxylic acids is 2. The van der Waals surface area contributed by atoms with E-state index in [0.717, 1.165) is 17.8 Å². The maximum Gasteiger partial charge on any atom is 0.269 e. The Morgan fingerprint density at radius 2 is 2.00 bits per heavy atom. The second-order valence-corrected chi connectivity index (χ2v) is 9.05. The van der Waals surface area contributed by atoms with Crippen molar-refractivity contribution >= 4 is 46.8 Å². The van der Waals surface area contributed by atoms with Gasteiger partial charge >= 0.3 is 0 Å². The molecule has 0 aliphatic heterocycles. The van der Waals surface area contributed by atoms with Crippen LogP contribution in [0.5, 0.6) is 0 Å². The summed E-state index contributed by atoms with van der Waals surface area (Å²) in [5.41, 5.74) is -1.04. The first-order valence-corrected chi connectivity index (χ1v) is 10.4. The molecule has 29 heavy (non-hydrogen) atoms. The third kappa shape index (κ3) is 5.87. The van der Waals surface area contributed by atoms with Crippen LogP contribution in [-0.2, 0) is 16.1 Å². The Hall–Kier alpha value is -2.25. The SMILES string of the molecule is CCCNC(=O)Cn1c(=O)/c(=C/c2c(F)cccc2Cl)s/c1=C\C(=O)C(C)(C)C. The van der Waals surface area contributed by atoms with Gasteiger partial charge in [0.05, 0.1) is 9.55 Å². The molecule has 0 radical (unpaired) electrons. The lowest BCUT2D eigenvalue weighted by atomic mass is 9.91. The highest BCUT2D eigenvalue weighted by atomic mass is 35.5. The number of Topliss-reactive ketones (excluding diaryl/α,β-unsaturated/α-hetero) is 1. The third-order valence-corrected chi connectivity index (χ3v) is 5.47. The number of benzene rings is 1. The summed E-state index contributed by atoms with van der Waals surface area (Å²) in [6, 6.07) is 4.25. The molecule has 5 nitrogen and oxygen atoms in total. The molecular weight excluding hydrogens is 415 g/mol. The van der Waals surface area contributed by atoms with Gasteiger partial charge in [-0.1, -0.05) is 45.4 Å². The van der Waals surface area contributed by atoms with Crippen molar-refractivity contribution in [1.29, 1.82) is 0 Å². The van der Waals surface area contributed by atoms with Crippen molar-refractivity contribution in [3.63, 3.8) is 0 Å². The zero-order valence-corrected chi connectivity index (χ0v) is 18.4. The third-order valence-electron chi connectivity index (χ3n) is 4.08. The predicted molar refractivity (Wildman–Crippen MR) is 115 cm³/mol. The lowest BCUT2D eigenvalue weighted by molar-refractivity contribution is -0.122. The molecule has 2 aromatic rings. The molecule has 0 saturated heterocycles. The standard InChI is InChI=1S/C21H24ClFN2O3S/c1-5-9-24-18(27)12-25-19(11-17(26)21(2,3)4)29-16(20(25)28)10-13-14(22)7-6-8-15(13)23/h6-8,10-11H,5,9,12H2,1-4H3,(H,24,27)/b16-10-,19-11-. The van der Waals surface area contributed by atoms with E-state index in [1.165, 1.54) is 34.9 Å². The molecular formula is C21H24ClFN2O3S. The van der Waals surface area contributed by atoms with Gasteiger partial charge in [0.1, 0.15) is 17.0 Å². The Morgan fingerprint density at radius 1 is 1.31 bits per heavy atom. The van der Waals surface area contributed by atoms with Crippen molar-refractivity contribution in [1.82, 2.24) is 9.88 Å². The van der Waals surface area contributed by atoms with Gasteiger partial charge in [-0.2, -0.15) is 0 Å². The largest absolute Gasteiger partial charge is 0.355 e. The van der Waals surface area contributed by atoms with Crippen LogP contribution in [0.15, 0.2) is 23.0 Å². The Labute approximate surface area is 177 Å². The fraction of sp³-hybridized carbons (Fsp3) is 0.381. The molecule has 0 aliphatic rings. The van der Waals surface area contributed by atoms with Crippen LogP contribution in [0.2, 0.25) is 5.02 Å². The maximum atomic E-state index is 14.1. The molecule has 0 saturated carbocycles. The average molecular weight is 439 g/mol. The number of amides is 1. The van der Waals surface area contributed by atoms with Crippen LogP contribution in [0.3, 0.4) is 0 Å². The molecule has 0 spiro atoms. The van der Waals surface area contributed by atoms with Gasteiger partial charge in [-0.3, -0.25) is 19.0 Å². The molecule has 0 atom stereocenters. The molecule has 1 amide bonds. The smallest absolute Gasteiger partial charge is 0.269 e. The molecule has 8 heteroatoms. The second-order valence-electron chi connectivity index (χ2n) is 7.58. The van der Waals surface area contributed by atoms with E-state index in [2.05, 4.69) is 5.32 Å². The lowest BCUT2D eigenvalue weighted by Crippen LogP contribution is -2.38. The molecule has 0 bridgehead atoms. The quantitative estimate of drug-likeness (QED) is 0.753. The summed E-state index contributed by atoms with van der Waals surface area (Å²) >= 11 is 7.08. The number of halogens is 2. The molecule has 1 heterocycles. The Morgan fingerprint density at radius 3 is 2.59 bits per heavy atom. The van der Waals surface area contributed by atoms with Gasteiger partial charge in [0.25, 0.3) is 5.56 Å². The van der Waals surface area contributed by atoms with Crippen molar-refractivity contribution in [2.24, 2.45) is 5.41 Å². The summed E-state index contributed by atoms with van der Waals surface area (Å²) < 4.78 is 15.9. The molecule has 2 rings (SSSR count). The Balaban J connectivity index is 2.67. The Bertz CT molecular complexity index is 1080. The monoisotopic (exact) mass is 438 g/mol. The van der Waals surface area contributed by atoms with E-state index < -0.39 is 16.8 Å². The maximum absolute atomic E-state index is 14.1. The summed E-state index contributed by atoms with van der Waals surface area (Å²) in [4.78, 5) is 37.6. The number of hydrogen-bond acceptors (Lipinski definition) is 4. The van der Waals surface area contributed by atoms with Gasteiger partial charge in [0, 0.05) is 23.6 Å². The number of rotatable bonds is 6. The number of nitrogens with one attached hydrogen (secondary N) is 1. The van der Waals surface area contributed by atoms with E-state index in [4.69, 9.17) is 11.6 Å². The van der Waals surface area contributed by atoms with Crippen LogP contribution in [0.4, 0.5) is 4.39 Å². The molecule has 0 fully saturated rings. The number of aromatic nitrogens is 1. The minimum atomic E-state index is -0.645. The number of ketones is 1. The lowest BCUT2D eigenvalue weighted by Gasteiger charge is -2.12. The van der Waals surface area contributed by atoms with Crippen LogP contribution in [0, 0.1) is 11.2 Å². The van der Waals surface area contributed by atoms with Crippen molar-refractivity contribution in [2.75, 3.05) is 6.54 Å². The highest BCUT2D eigenvalue weighted by Crippen LogP contribution is 2.19. The van der Waals surface area contributed by atoms with Crippen LogP contribution >= 0.6 is 22.9 Å². The van der Waals surface area contributed by atoms with Crippen LogP contribution in [0.1, 0.15) is 39.7 Å². The summed E-state index contributed by atoms with van der Waals surface area (Å²) in [6.45, 7) is 7.48. The summed E-state index contributed by atoms with van der Waals surface area (Å²) in [7, 11) is 0. The van der Waals surface area contributed by atoms with E-state index in [1.807, 2.05) is 6.92 Å². The highest BCUT2D eigenvalue weighted by Gasteiger charge is 2.20. The van der Waals surface area contributed by atoms with E-state index in [9.17, 15) is 18.8 Å².